The Morgan fingerprint density at radius 3 is 3.04 bits per heavy atom. The van der Waals surface area contributed by atoms with Gasteiger partial charge in [-0.25, -0.2) is 9.48 Å². The smallest absolute Gasteiger partial charge is 0.317 e. The van der Waals surface area contributed by atoms with E-state index in [1.165, 1.54) is 0 Å². The molecule has 2 aromatic rings. The molecule has 24 heavy (non-hydrogen) atoms. The maximum absolute atomic E-state index is 12.4. The van der Waals surface area contributed by atoms with Crippen LogP contribution in [0, 0.1) is 0 Å². The Bertz CT molecular complexity index is 724. The number of rotatable bonds is 3. The fourth-order valence-corrected chi connectivity index (χ4v) is 3.25. The molecule has 0 saturated heterocycles. The first-order chi connectivity index (χ1) is 11.7. The number of carbonyl (C=O) groups excluding carboxylic acids is 1. The molecule has 0 atom stereocenters. The molecule has 2 aromatic heterocycles. The van der Waals surface area contributed by atoms with Crippen LogP contribution in [0.4, 0.5) is 4.79 Å². The molecule has 0 spiro atoms. The number of pyridine rings is 1. The number of aromatic nitrogens is 3. The molecule has 1 saturated carbocycles. The third kappa shape index (κ3) is 2.87. The predicted octanol–water partition coefficient (Wildman–Crippen LogP) is 1.51. The Hall–Kier alpha value is -2.41. The van der Waals surface area contributed by atoms with Crippen molar-refractivity contribution >= 4 is 6.03 Å². The number of amides is 2. The molecule has 0 aromatic carbocycles. The summed E-state index contributed by atoms with van der Waals surface area (Å²) in [6.07, 6.45) is 8.40. The Balaban J connectivity index is 1.40. The molecule has 126 valence electrons. The van der Waals surface area contributed by atoms with Crippen LogP contribution in [0.25, 0.3) is 5.69 Å². The van der Waals surface area contributed by atoms with Crippen molar-refractivity contribution in [2.45, 2.75) is 38.0 Å². The molecule has 1 N–H and O–H groups in total. The van der Waals surface area contributed by atoms with E-state index in [0.29, 0.717) is 19.2 Å². The van der Waals surface area contributed by atoms with E-state index in [9.17, 15) is 4.79 Å². The van der Waals surface area contributed by atoms with E-state index in [4.69, 9.17) is 4.74 Å². The highest BCUT2D eigenvalue weighted by molar-refractivity contribution is 5.75. The Morgan fingerprint density at radius 1 is 1.42 bits per heavy atom. The minimum atomic E-state index is 0.00864. The minimum absolute atomic E-state index is 0.00864. The summed E-state index contributed by atoms with van der Waals surface area (Å²) in [5.41, 5.74) is 3.10. The van der Waals surface area contributed by atoms with E-state index < -0.39 is 0 Å². The van der Waals surface area contributed by atoms with Gasteiger partial charge in [-0.05, 0) is 25.0 Å². The molecular formula is C17H21N5O2. The number of carbonyl (C=O) groups is 1. The van der Waals surface area contributed by atoms with Crippen molar-refractivity contribution in [1.29, 1.82) is 0 Å². The SMILES string of the molecule is COC1CC(NC(=O)N2CCc3nn(-c4cccnc4)cc3C2)C1. The predicted molar refractivity (Wildman–Crippen MR) is 87.8 cm³/mol. The van der Waals surface area contributed by atoms with Crippen LogP contribution in [0.15, 0.2) is 30.7 Å². The van der Waals surface area contributed by atoms with E-state index in [0.717, 1.165) is 36.2 Å². The second-order valence-corrected chi connectivity index (χ2v) is 6.40. The van der Waals surface area contributed by atoms with Crippen molar-refractivity contribution in [3.05, 3.63) is 42.0 Å². The van der Waals surface area contributed by atoms with Gasteiger partial charge < -0.3 is 15.0 Å². The monoisotopic (exact) mass is 327 g/mol. The third-order valence-electron chi connectivity index (χ3n) is 4.81. The third-order valence-corrected chi connectivity index (χ3v) is 4.81. The number of ether oxygens (including phenoxy) is 1. The zero-order chi connectivity index (χ0) is 16.5. The van der Waals surface area contributed by atoms with E-state index >= 15 is 0 Å². The van der Waals surface area contributed by atoms with Crippen LogP contribution >= 0.6 is 0 Å². The average Bonchev–Trinajstić information content (AvgIpc) is 3.01. The standard InChI is InChI=1S/C17H21N5O2/c1-24-15-7-13(8-15)19-17(23)21-6-4-16-12(10-21)11-22(20-16)14-3-2-5-18-9-14/h2-3,5,9,11,13,15H,4,6-8,10H2,1H3,(H,19,23). The van der Waals surface area contributed by atoms with Crippen molar-refractivity contribution in [2.75, 3.05) is 13.7 Å². The Kier molecular flexibility index (Phi) is 3.93. The van der Waals surface area contributed by atoms with Crippen molar-refractivity contribution in [2.24, 2.45) is 0 Å². The van der Waals surface area contributed by atoms with Crippen molar-refractivity contribution in [3.8, 4) is 5.69 Å². The minimum Gasteiger partial charge on any atom is -0.381 e. The fourth-order valence-electron chi connectivity index (χ4n) is 3.25. The van der Waals surface area contributed by atoms with Gasteiger partial charge in [-0.3, -0.25) is 4.98 Å². The summed E-state index contributed by atoms with van der Waals surface area (Å²) in [4.78, 5) is 18.4. The lowest BCUT2D eigenvalue weighted by molar-refractivity contribution is 0.0190. The van der Waals surface area contributed by atoms with Crippen LogP contribution in [0.1, 0.15) is 24.1 Å². The first-order valence-electron chi connectivity index (χ1n) is 8.29. The first kappa shape index (κ1) is 15.1. The molecular weight excluding hydrogens is 306 g/mol. The number of urea groups is 1. The van der Waals surface area contributed by atoms with Crippen LogP contribution in [0.5, 0.6) is 0 Å². The van der Waals surface area contributed by atoms with Gasteiger partial charge in [0.05, 0.1) is 30.2 Å². The van der Waals surface area contributed by atoms with Crippen LogP contribution in [-0.2, 0) is 17.7 Å². The van der Waals surface area contributed by atoms with Crippen molar-refractivity contribution in [3.63, 3.8) is 0 Å². The van der Waals surface area contributed by atoms with Crippen molar-refractivity contribution in [1.82, 2.24) is 25.0 Å². The van der Waals surface area contributed by atoms with E-state index in [1.54, 1.807) is 19.5 Å². The molecule has 3 heterocycles. The molecule has 0 bridgehead atoms. The molecule has 1 aliphatic carbocycles. The van der Waals surface area contributed by atoms with Crippen LogP contribution in [-0.4, -0.2) is 51.5 Å². The Labute approximate surface area is 140 Å². The second-order valence-electron chi connectivity index (χ2n) is 6.40. The van der Waals surface area contributed by atoms with Gasteiger partial charge in [-0.15, -0.1) is 0 Å². The summed E-state index contributed by atoms with van der Waals surface area (Å²) in [5, 5.41) is 7.72. The lowest BCUT2D eigenvalue weighted by Gasteiger charge is -2.36. The van der Waals surface area contributed by atoms with E-state index in [2.05, 4.69) is 15.4 Å². The molecule has 1 aliphatic heterocycles. The van der Waals surface area contributed by atoms with Crippen LogP contribution < -0.4 is 5.32 Å². The number of fused-ring (bicyclic) bond motifs is 1. The summed E-state index contributed by atoms with van der Waals surface area (Å²) in [5.74, 6) is 0. The van der Waals surface area contributed by atoms with Gasteiger partial charge in [-0.2, -0.15) is 5.10 Å². The number of methoxy groups -OCH3 is 1. The highest BCUT2D eigenvalue weighted by Crippen LogP contribution is 2.24. The molecule has 2 aliphatic rings. The van der Waals surface area contributed by atoms with E-state index in [1.807, 2.05) is 27.9 Å². The van der Waals surface area contributed by atoms with Gasteiger partial charge in [-0.1, -0.05) is 0 Å². The molecule has 0 radical (unpaired) electrons. The lowest BCUT2D eigenvalue weighted by Crippen LogP contribution is -2.52. The second kappa shape index (κ2) is 6.24. The topological polar surface area (TPSA) is 72.3 Å². The molecule has 2 amide bonds. The summed E-state index contributed by atoms with van der Waals surface area (Å²) < 4.78 is 7.10. The van der Waals surface area contributed by atoms with Gasteiger partial charge in [0, 0.05) is 44.1 Å². The van der Waals surface area contributed by atoms with Crippen LogP contribution in [0.3, 0.4) is 0 Å². The van der Waals surface area contributed by atoms with Gasteiger partial charge in [0.1, 0.15) is 0 Å². The maximum Gasteiger partial charge on any atom is 0.317 e. The zero-order valence-electron chi connectivity index (χ0n) is 13.7. The highest BCUT2D eigenvalue weighted by atomic mass is 16.5. The maximum atomic E-state index is 12.4. The molecule has 4 rings (SSSR count). The lowest BCUT2D eigenvalue weighted by atomic mass is 9.89. The number of hydrogen-bond donors (Lipinski definition) is 1. The summed E-state index contributed by atoms with van der Waals surface area (Å²) in [6.45, 7) is 1.30. The number of nitrogens with zero attached hydrogens (tertiary/aromatic N) is 4. The molecule has 7 heteroatoms. The summed E-state index contributed by atoms with van der Waals surface area (Å²) in [6, 6.07) is 4.11. The first-order valence-corrected chi connectivity index (χ1v) is 8.29. The Morgan fingerprint density at radius 2 is 2.29 bits per heavy atom. The molecule has 1 fully saturated rings. The van der Waals surface area contributed by atoms with E-state index in [-0.39, 0.29) is 12.1 Å². The van der Waals surface area contributed by atoms with Gasteiger partial charge in [0.25, 0.3) is 0 Å². The summed E-state index contributed by atoms with van der Waals surface area (Å²) in [7, 11) is 1.72. The van der Waals surface area contributed by atoms with Gasteiger partial charge in [0.15, 0.2) is 0 Å². The number of hydrogen-bond acceptors (Lipinski definition) is 4. The highest BCUT2D eigenvalue weighted by Gasteiger charge is 2.32. The average molecular weight is 327 g/mol. The largest absolute Gasteiger partial charge is 0.381 e. The van der Waals surface area contributed by atoms with Crippen LogP contribution in [0.2, 0.25) is 0 Å². The zero-order valence-corrected chi connectivity index (χ0v) is 13.7. The normalized spacial score (nSPS) is 22.6. The quantitative estimate of drug-likeness (QED) is 0.927. The van der Waals surface area contributed by atoms with Gasteiger partial charge >= 0.3 is 6.03 Å². The fraction of sp³-hybridized carbons (Fsp3) is 0.471. The number of nitrogens with one attached hydrogen (secondary N) is 1. The summed E-state index contributed by atoms with van der Waals surface area (Å²) >= 11 is 0. The van der Waals surface area contributed by atoms with Crippen molar-refractivity contribution < 1.29 is 9.53 Å². The molecule has 0 unspecified atom stereocenters. The molecule has 7 nitrogen and oxygen atoms in total. The van der Waals surface area contributed by atoms with Gasteiger partial charge in [0.2, 0.25) is 0 Å².